The third kappa shape index (κ3) is 6.06. The van der Waals surface area contributed by atoms with E-state index in [1.165, 1.54) is 5.56 Å². The van der Waals surface area contributed by atoms with E-state index in [1.807, 2.05) is 49.5 Å². The summed E-state index contributed by atoms with van der Waals surface area (Å²) in [5, 5.41) is 6.08. The Balaban J connectivity index is 1.45. The topological polar surface area (TPSA) is 66.0 Å². The monoisotopic (exact) mass is 394 g/mol. The van der Waals surface area contributed by atoms with Crippen molar-refractivity contribution in [3.8, 4) is 0 Å². The van der Waals surface area contributed by atoms with E-state index in [0.717, 1.165) is 37.6 Å². The first kappa shape index (κ1) is 20.9. The molecule has 0 aromatic heterocycles. The van der Waals surface area contributed by atoms with Crippen LogP contribution in [-0.4, -0.2) is 50.6 Å². The van der Waals surface area contributed by atoms with Crippen LogP contribution < -0.4 is 10.6 Å². The van der Waals surface area contributed by atoms with Crippen molar-refractivity contribution < 1.29 is 9.53 Å². The fraction of sp³-hybridized carbons (Fsp3) is 0.391. The molecule has 0 saturated carbocycles. The summed E-state index contributed by atoms with van der Waals surface area (Å²) in [7, 11) is 3.45. The molecule has 2 N–H and O–H groups in total. The van der Waals surface area contributed by atoms with Crippen LogP contribution in [0.25, 0.3) is 0 Å². The van der Waals surface area contributed by atoms with Crippen molar-refractivity contribution in [2.24, 2.45) is 10.9 Å². The van der Waals surface area contributed by atoms with Crippen molar-refractivity contribution in [3.63, 3.8) is 0 Å². The SMILES string of the molecule is CN=C(NCc1cccc(C(=O)NC)c1)N1CCC(COCc2ccccc2)C1. The summed E-state index contributed by atoms with van der Waals surface area (Å²) in [6, 6.07) is 17.9. The number of amides is 1. The van der Waals surface area contributed by atoms with Gasteiger partial charge in [0.05, 0.1) is 13.2 Å². The second kappa shape index (κ2) is 10.6. The van der Waals surface area contributed by atoms with E-state index in [2.05, 4.69) is 32.7 Å². The summed E-state index contributed by atoms with van der Waals surface area (Å²) >= 11 is 0. The van der Waals surface area contributed by atoms with Crippen LogP contribution >= 0.6 is 0 Å². The van der Waals surface area contributed by atoms with Crippen LogP contribution in [0, 0.1) is 5.92 Å². The highest BCUT2D eigenvalue weighted by atomic mass is 16.5. The van der Waals surface area contributed by atoms with Gasteiger partial charge >= 0.3 is 0 Å². The van der Waals surface area contributed by atoms with Gasteiger partial charge in [-0.15, -0.1) is 0 Å². The molecule has 1 atom stereocenters. The number of carbonyl (C=O) groups excluding carboxylic acids is 1. The summed E-state index contributed by atoms with van der Waals surface area (Å²) in [5.41, 5.74) is 2.92. The van der Waals surface area contributed by atoms with E-state index in [-0.39, 0.29) is 5.91 Å². The highest BCUT2D eigenvalue weighted by Crippen LogP contribution is 2.17. The van der Waals surface area contributed by atoms with Crippen molar-refractivity contribution >= 4 is 11.9 Å². The Hall–Kier alpha value is -2.86. The standard InChI is InChI=1S/C23H30N4O2/c1-24-22(28)21-10-6-9-19(13-21)14-26-23(25-2)27-12-11-20(15-27)17-29-16-18-7-4-3-5-8-18/h3-10,13,20H,11-12,14-17H2,1-2H3,(H,24,28)(H,25,26). The number of nitrogens with zero attached hydrogens (tertiary/aromatic N) is 2. The van der Waals surface area contributed by atoms with Gasteiger partial charge in [-0.25, -0.2) is 0 Å². The van der Waals surface area contributed by atoms with Crippen LogP contribution in [0.3, 0.4) is 0 Å². The van der Waals surface area contributed by atoms with Crippen molar-refractivity contribution in [1.29, 1.82) is 0 Å². The molecular formula is C23H30N4O2. The maximum atomic E-state index is 11.8. The maximum absolute atomic E-state index is 11.8. The van der Waals surface area contributed by atoms with E-state index >= 15 is 0 Å². The third-order valence-corrected chi connectivity index (χ3v) is 5.13. The minimum Gasteiger partial charge on any atom is -0.376 e. The van der Waals surface area contributed by atoms with Crippen molar-refractivity contribution in [2.75, 3.05) is 33.8 Å². The minimum atomic E-state index is -0.0749. The number of nitrogens with one attached hydrogen (secondary N) is 2. The Bertz CT molecular complexity index is 823. The van der Waals surface area contributed by atoms with Gasteiger partial charge in [0.25, 0.3) is 5.91 Å². The lowest BCUT2D eigenvalue weighted by Crippen LogP contribution is -2.39. The first-order valence-corrected chi connectivity index (χ1v) is 10.1. The highest BCUT2D eigenvalue weighted by molar-refractivity contribution is 5.94. The molecule has 1 amide bonds. The maximum Gasteiger partial charge on any atom is 0.251 e. The predicted molar refractivity (Wildman–Crippen MR) is 116 cm³/mol. The lowest BCUT2D eigenvalue weighted by atomic mass is 10.1. The highest BCUT2D eigenvalue weighted by Gasteiger charge is 2.25. The number of rotatable bonds is 7. The molecule has 6 heteroatoms. The lowest BCUT2D eigenvalue weighted by Gasteiger charge is -2.22. The number of hydrogen-bond acceptors (Lipinski definition) is 3. The normalized spacial score (nSPS) is 16.7. The number of ether oxygens (including phenoxy) is 1. The summed E-state index contributed by atoms with van der Waals surface area (Å²) in [6.45, 7) is 3.95. The van der Waals surface area contributed by atoms with Crippen LogP contribution in [0.2, 0.25) is 0 Å². The van der Waals surface area contributed by atoms with Crippen LogP contribution in [0.15, 0.2) is 59.6 Å². The molecule has 1 aliphatic rings. The van der Waals surface area contributed by atoms with Gasteiger partial charge in [0, 0.05) is 45.2 Å². The number of aliphatic imine (C=N–C) groups is 1. The Kier molecular flexibility index (Phi) is 7.64. The molecule has 29 heavy (non-hydrogen) atoms. The van der Waals surface area contributed by atoms with Gasteiger partial charge in [0.2, 0.25) is 0 Å². The van der Waals surface area contributed by atoms with Gasteiger partial charge < -0.3 is 20.3 Å². The molecule has 6 nitrogen and oxygen atoms in total. The average molecular weight is 395 g/mol. The third-order valence-electron chi connectivity index (χ3n) is 5.13. The van der Waals surface area contributed by atoms with Gasteiger partial charge in [0.1, 0.15) is 0 Å². The van der Waals surface area contributed by atoms with Gasteiger partial charge in [-0.3, -0.25) is 9.79 Å². The zero-order valence-corrected chi connectivity index (χ0v) is 17.2. The molecule has 2 aromatic rings. The Morgan fingerprint density at radius 2 is 1.97 bits per heavy atom. The van der Waals surface area contributed by atoms with E-state index in [9.17, 15) is 4.79 Å². The Morgan fingerprint density at radius 1 is 1.17 bits per heavy atom. The Labute approximate surface area is 173 Å². The predicted octanol–water partition coefficient (Wildman–Crippen LogP) is 2.66. The zero-order chi connectivity index (χ0) is 20.5. The molecule has 1 unspecified atom stereocenters. The molecule has 154 valence electrons. The molecule has 0 bridgehead atoms. The van der Waals surface area contributed by atoms with Gasteiger partial charge in [-0.2, -0.15) is 0 Å². The first-order chi connectivity index (χ1) is 14.2. The fourth-order valence-corrected chi connectivity index (χ4v) is 3.56. The van der Waals surface area contributed by atoms with Gasteiger partial charge in [0.15, 0.2) is 5.96 Å². The molecule has 0 spiro atoms. The van der Waals surface area contributed by atoms with E-state index in [1.54, 1.807) is 7.05 Å². The Morgan fingerprint density at radius 3 is 2.72 bits per heavy atom. The molecule has 3 rings (SSSR count). The smallest absolute Gasteiger partial charge is 0.251 e. The van der Waals surface area contributed by atoms with Crippen LogP contribution in [0.4, 0.5) is 0 Å². The molecule has 1 aliphatic heterocycles. The zero-order valence-electron chi connectivity index (χ0n) is 17.2. The van der Waals surface area contributed by atoms with Crippen LogP contribution in [0.1, 0.15) is 27.9 Å². The first-order valence-electron chi connectivity index (χ1n) is 10.1. The number of guanidine groups is 1. The van der Waals surface area contributed by atoms with Crippen molar-refractivity contribution in [1.82, 2.24) is 15.5 Å². The van der Waals surface area contributed by atoms with Gasteiger partial charge in [-0.1, -0.05) is 42.5 Å². The summed E-state index contributed by atoms with van der Waals surface area (Å²) < 4.78 is 5.92. The average Bonchev–Trinajstić information content (AvgIpc) is 3.23. The number of benzene rings is 2. The number of hydrogen-bond donors (Lipinski definition) is 2. The van der Waals surface area contributed by atoms with Crippen LogP contribution in [0.5, 0.6) is 0 Å². The second-order valence-electron chi connectivity index (χ2n) is 7.28. The molecule has 0 aliphatic carbocycles. The molecule has 1 saturated heterocycles. The van der Waals surface area contributed by atoms with Crippen molar-refractivity contribution in [2.45, 2.75) is 19.6 Å². The molecule has 1 heterocycles. The van der Waals surface area contributed by atoms with Crippen molar-refractivity contribution in [3.05, 3.63) is 71.3 Å². The quantitative estimate of drug-likeness (QED) is 0.560. The van der Waals surface area contributed by atoms with E-state index in [0.29, 0.717) is 24.6 Å². The largest absolute Gasteiger partial charge is 0.376 e. The van der Waals surface area contributed by atoms with Crippen LogP contribution in [-0.2, 0) is 17.9 Å². The summed E-state index contributed by atoms with van der Waals surface area (Å²) in [5.74, 6) is 1.32. The van der Waals surface area contributed by atoms with E-state index < -0.39 is 0 Å². The van der Waals surface area contributed by atoms with E-state index in [4.69, 9.17) is 4.74 Å². The summed E-state index contributed by atoms with van der Waals surface area (Å²) in [4.78, 5) is 18.5. The second-order valence-corrected chi connectivity index (χ2v) is 7.28. The molecule has 2 aromatic carbocycles. The fourth-order valence-electron chi connectivity index (χ4n) is 3.56. The lowest BCUT2D eigenvalue weighted by molar-refractivity contribution is 0.0906. The molecule has 0 radical (unpaired) electrons. The number of likely N-dealkylation sites (tertiary alicyclic amines) is 1. The minimum absolute atomic E-state index is 0.0749. The van der Waals surface area contributed by atoms with Gasteiger partial charge in [-0.05, 0) is 29.7 Å². The molecular weight excluding hydrogens is 364 g/mol. The molecule has 1 fully saturated rings. The summed E-state index contributed by atoms with van der Waals surface area (Å²) in [6.07, 6.45) is 1.10. The number of carbonyl (C=O) groups is 1.